The van der Waals surface area contributed by atoms with Gasteiger partial charge in [-0.05, 0) is 65.4 Å². The lowest BCUT2D eigenvalue weighted by atomic mass is 10.2. The first-order valence-electron chi connectivity index (χ1n) is 7.70. The van der Waals surface area contributed by atoms with Crippen LogP contribution in [0.15, 0.2) is 35.4 Å². The first-order chi connectivity index (χ1) is 12.5. The minimum atomic E-state index is -0.388. The van der Waals surface area contributed by atoms with Crippen LogP contribution < -0.4 is 19.6 Å². The molecule has 0 aliphatic carbocycles. The average molecular weight is 470 g/mol. The van der Waals surface area contributed by atoms with Gasteiger partial charge in [0.2, 0.25) is 0 Å². The number of hydrogen-bond donors (Lipinski definition) is 2. The minimum absolute atomic E-state index is 0.0824. The highest BCUT2D eigenvalue weighted by molar-refractivity contribution is 14.1. The summed E-state index contributed by atoms with van der Waals surface area (Å²) in [7, 11) is 3.03. The minimum Gasteiger partial charge on any atom is -0.504 e. The molecule has 0 unspecified atom stereocenters. The summed E-state index contributed by atoms with van der Waals surface area (Å²) < 4.78 is 16.3. The third kappa shape index (κ3) is 4.78. The molecular formula is C18H19IN2O5. The van der Waals surface area contributed by atoms with Gasteiger partial charge < -0.3 is 19.3 Å². The maximum atomic E-state index is 12.2. The van der Waals surface area contributed by atoms with Gasteiger partial charge in [0.25, 0.3) is 5.91 Å². The molecule has 0 aliphatic rings. The fourth-order valence-electron chi connectivity index (χ4n) is 2.14. The summed E-state index contributed by atoms with van der Waals surface area (Å²) in [4.78, 5) is 12.2. The molecule has 0 heterocycles. The summed E-state index contributed by atoms with van der Waals surface area (Å²) in [5.74, 6) is 1.06. The highest BCUT2D eigenvalue weighted by Gasteiger charge is 2.11. The number of methoxy groups -OCH3 is 2. The van der Waals surface area contributed by atoms with E-state index in [2.05, 4.69) is 10.5 Å². The van der Waals surface area contributed by atoms with Crippen molar-refractivity contribution in [2.75, 3.05) is 20.8 Å². The fourth-order valence-corrected chi connectivity index (χ4v) is 2.77. The van der Waals surface area contributed by atoms with Crippen LogP contribution in [0.4, 0.5) is 0 Å². The molecule has 0 saturated carbocycles. The number of benzene rings is 2. The van der Waals surface area contributed by atoms with Crippen LogP contribution in [0.1, 0.15) is 22.8 Å². The van der Waals surface area contributed by atoms with E-state index < -0.39 is 0 Å². The molecule has 0 aromatic heterocycles. The zero-order chi connectivity index (χ0) is 19.1. The number of nitrogens with one attached hydrogen (secondary N) is 1. The van der Waals surface area contributed by atoms with Gasteiger partial charge in [0.15, 0.2) is 23.0 Å². The number of ether oxygens (including phenoxy) is 3. The van der Waals surface area contributed by atoms with Crippen LogP contribution in [0.2, 0.25) is 0 Å². The SMILES string of the molecule is CCOc1cc(C=NNC(=O)c2ccc(OC)c(OC)c2)cc(I)c1O. The van der Waals surface area contributed by atoms with Crippen molar-refractivity contribution in [3.8, 4) is 23.0 Å². The predicted molar refractivity (Wildman–Crippen MR) is 107 cm³/mol. The number of hydrazone groups is 1. The van der Waals surface area contributed by atoms with Crippen molar-refractivity contribution in [2.24, 2.45) is 5.10 Å². The number of rotatable bonds is 7. The zero-order valence-electron chi connectivity index (χ0n) is 14.6. The maximum Gasteiger partial charge on any atom is 0.271 e. The lowest BCUT2D eigenvalue weighted by Gasteiger charge is -2.09. The predicted octanol–water partition coefficient (Wildman–Crippen LogP) is 3.18. The summed E-state index contributed by atoms with van der Waals surface area (Å²) in [6.45, 7) is 2.26. The summed E-state index contributed by atoms with van der Waals surface area (Å²) >= 11 is 2.00. The molecule has 0 aliphatic heterocycles. The van der Waals surface area contributed by atoms with Crippen molar-refractivity contribution in [1.29, 1.82) is 0 Å². The Labute approximate surface area is 165 Å². The van der Waals surface area contributed by atoms with E-state index in [9.17, 15) is 9.90 Å². The van der Waals surface area contributed by atoms with E-state index in [1.165, 1.54) is 20.4 Å². The average Bonchev–Trinajstić information content (AvgIpc) is 2.65. The van der Waals surface area contributed by atoms with Crippen molar-refractivity contribution in [2.45, 2.75) is 6.92 Å². The van der Waals surface area contributed by atoms with Crippen molar-refractivity contribution in [3.63, 3.8) is 0 Å². The lowest BCUT2D eigenvalue weighted by Crippen LogP contribution is -2.17. The molecule has 1 amide bonds. The highest BCUT2D eigenvalue weighted by atomic mass is 127. The van der Waals surface area contributed by atoms with Crippen molar-refractivity contribution < 1.29 is 24.1 Å². The van der Waals surface area contributed by atoms with Crippen molar-refractivity contribution in [1.82, 2.24) is 5.43 Å². The van der Waals surface area contributed by atoms with Gasteiger partial charge in [-0.15, -0.1) is 0 Å². The molecule has 2 aromatic rings. The number of carbonyl (C=O) groups is 1. The summed E-state index contributed by atoms with van der Waals surface area (Å²) in [5, 5.41) is 13.9. The van der Waals surface area contributed by atoms with Crippen LogP contribution in [-0.2, 0) is 0 Å². The second kappa shape index (κ2) is 9.27. The number of carbonyl (C=O) groups excluding carboxylic acids is 1. The van der Waals surface area contributed by atoms with E-state index in [1.807, 2.05) is 29.5 Å². The molecule has 2 N–H and O–H groups in total. The third-order valence-electron chi connectivity index (χ3n) is 3.38. The second-order valence-corrected chi connectivity index (χ2v) is 6.21. The molecular weight excluding hydrogens is 451 g/mol. The molecule has 0 radical (unpaired) electrons. The molecule has 138 valence electrons. The monoisotopic (exact) mass is 470 g/mol. The van der Waals surface area contributed by atoms with E-state index in [4.69, 9.17) is 14.2 Å². The van der Waals surface area contributed by atoms with Gasteiger partial charge >= 0.3 is 0 Å². The number of hydrogen-bond acceptors (Lipinski definition) is 6. The van der Waals surface area contributed by atoms with Crippen molar-refractivity contribution >= 4 is 34.7 Å². The Morgan fingerprint density at radius 1 is 1.19 bits per heavy atom. The first kappa shape index (κ1) is 19.8. The smallest absolute Gasteiger partial charge is 0.271 e. The van der Waals surface area contributed by atoms with Crippen LogP contribution in [0.5, 0.6) is 23.0 Å². The van der Waals surface area contributed by atoms with Gasteiger partial charge in [-0.2, -0.15) is 5.10 Å². The molecule has 2 aromatic carbocycles. The Hall–Kier alpha value is -2.49. The first-order valence-corrected chi connectivity index (χ1v) is 8.78. The van der Waals surface area contributed by atoms with Gasteiger partial charge in [0.05, 0.1) is 30.6 Å². The molecule has 2 rings (SSSR count). The van der Waals surface area contributed by atoms with Gasteiger partial charge in [-0.25, -0.2) is 5.43 Å². The van der Waals surface area contributed by atoms with Crippen LogP contribution >= 0.6 is 22.6 Å². The molecule has 0 atom stereocenters. The number of amides is 1. The van der Waals surface area contributed by atoms with E-state index in [-0.39, 0.29) is 11.7 Å². The number of phenols is 1. The van der Waals surface area contributed by atoms with Gasteiger partial charge in [-0.1, -0.05) is 0 Å². The van der Waals surface area contributed by atoms with Gasteiger partial charge in [-0.3, -0.25) is 4.79 Å². The Bertz CT molecular complexity index is 823. The summed E-state index contributed by atoms with van der Waals surface area (Å²) in [5.41, 5.74) is 3.52. The topological polar surface area (TPSA) is 89.4 Å². The van der Waals surface area contributed by atoms with Crippen LogP contribution in [0.3, 0.4) is 0 Å². The quantitative estimate of drug-likeness (QED) is 0.369. The zero-order valence-corrected chi connectivity index (χ0v) is 16.7. The Morgan fingerprint density at radius 3 is 2.58 bits per heavy atom. The maximum absolute atomic E-state index is 12.2. The van der Waals surface area contributed by atoms with E-state index in [0.717, 1.165) is 0 Å². The number of aromatic hydroxyl groups is 1. The van der Waals surface area contributed by atoms with Crippen LogP contribution in [0, 0.1) is 3.57 Å². The molecule has 0 saturated heterocycles. The molecule has 0 fully saturated rings. The summed E-state index contributed by atoms with van der Waals surface area (Å²) in [6.07, 6.45) is 1.47. The third-order valence-corrected chi connectivity index (χ3v) is 4.20. The van der Waals surface area contributed by atoms with E-state index >= 15 is 0 Å². The Balaban J connectivity index is 2.12. The van der Waals surface area contributed by atoms with E-state index in [1.54, 1.807) is 30.3 Å². The van der Waals surface area contributed by atoms with Crippen molar-refractivity contribution in [3.05, 3.63) is 45.0 Å². The van der Waals surface area contributed by atoms with Gasteiger partial charge in [0.1, 0.15) is 0 Å². The fraction of sp³-hybridized carbons (Fsp3) is 0.222. The largest absolute Gasteiger partial charge is 0.504 e. The molecule has 0 bridgehead atoms. The van der Waals surface area contributed by atoms with Crippen LogP contribution in [0.25, 0.3) is 0 Å². The number of nitrogens with zero attached hydrogens (tertiary/aromatic N) is 1. The normalized spacial score (nSPS) is 10.6. The highest BCUT2D eigenvalue weighted by Crippen LogP contribution is 2.32. The molecule has 26 heavy (non-hydrogen) atoms. The Kier molecular flexibility index (Phi) is 7.07. The molecule has 0 spiro atoms. The molecule has 8 heteroatoms. The standard InChI is InChI=1S/C18H19IN2O5/c1-4-26-16-8-11(7-13(19)17(16)22)10-20-21-18(23)12-5-6-14(24-2)15(9-12)25-3/h5-10,22H,4H2,1-3H3,(H,21,23). The lowest BCUT2D eigenvalue weighted by molar-refractivity contribution is 0.0954. The Morgan fingerprint density at radius 2 is 1.92 bits per heavy atom. The van der Waals surface area contributed by atoms with Crippen LogP contribution in [-0.4, -0.2) is 38.1 Å². The van der Waals surface area contributed by atoms with Gasteiger partial charge in [0, 0.05) is 5.56 Å². The second-order valence-electron chi connectivity index (χ2n) is 5.05. The number of phenolic OH excluding ortho intramolecular Hbond substituents is 1. The van der Waals surface area contributed by atoms with E-state index in [0.29, 0.717) is 38.6 Å². The molecule has 7 nitrogen and oxygen atoms in total. The number of halogens is 1. The summed E-state index contributed by atoms with van der Waals surface area (Å²) in [6, 6.07) is 8.20.